The molecule has 2 nitrogen and oxygen atoms in total. The highest BCUT2D eigenvalue weighted by Gasteiger charge is 2.29. The monoisotopic (exact) mass is 258 g/mol. The minimum Gasteiger partial charge on any atom is -0.478 e. The number of aromatic carboxylic acids is 1. The molecule has 1 N–H and O–H groups in total. The highest BCUT2D eigenvalue weighted by molar-refractivity contribution is 5.88. The Morgan fingerprint density at radius 1 is 1.21 bits per heavy atom. The van der Waals surface area contributed by atoms with E-state index >= 15 is 0 Å². The summed E-state index contributed by atoms with van der Waals surface area (Å²) in [5, 5.41) is 8.95. The lowest BCUT2D eigenvalue weighted by Gasteiger charge is -2.35. The van der Waals surface area contributed by atoms with E-state index in [4.69, 9.17) is 5.11 Å². The van der Waals surface area contributed by atoms with Crippen molar-refractivity contribution < 1.29 is 9.90 Å². The molecule has 0 heterocycles. The van der Waals surface area contributed by atoms with E-state index in [0.717, 1.165) is 6.42 Å². The van der Waals surface area contributed by atoms with E-state index in [1.54, 1.807) is 12.1 Å². The summed E-state index contributed by atoms with van der Waals surface area (Å²) in [4.78, 5) is 10.9. The molecule has 2 rings (SSSR count). The first-order valence-electron chi connectivity index (χ1n) is 6.93. The second-order valence-corrected chi connectivity index (χ2v) is 6.39. The summed E-state index contributed by atoms with van der Waals surface area (Å²) in [6.07, 6.45) is 5.92. The van der Waals surface area contributed by atoms with Gasteiger partial charge in [0.2, 0.25) is 0 Å². The van der Waals surface area contributed by atoms with Crippen LogP contribution in [0.15, 0.2) is 30.3 Å². The molecule has 0 aliphatic heterocycles. The molecule has 1 aromatic rings. The first-order valence-corrected chi connectivity index (χ1v) is 6.93. The minimum absolute atomic E-state index is 0.248. The number of hydrogen-bond acceptors (Lipinski definition) is 1. The fraction of sp³-hybridized carbons (Fsp3) is 0.471. The Bertz CT molecular complexity index is 489. The molecule has 102 valence electrons. The van der Waals surface area contributed by atoms with Crippen molar-refractivity contribution in [1.29, 1.82) is 0 Å². The zero-order valence-corrected chi connectivity index (χ0v) is 11.9. The van der Waals surface area contributed by atoms with Gasteiger partial charge in [-0.3, -0.25) is 0 Å². The summed E-state index contributed by atoms with van der Waals surface area (Å²) in [6, 6.07) is 7.29. The van der Waals surface area contributed by atoms with Crippen LogP contribution < -0.4 is 0 Å². The van der Waals surface area contributed by atoms with Gasteiger partial charge in [-0.05, 0) is 53.9 Å². The van der Waals surface area contributed by atoms with Crippen LogP contribution in [0.25, 0.3) is 5.57 Å². The van der Waals surface area contributed by atoms with Crippen LogP contribution in [0.4, 0.5) is 0 Å². The maximum Gasteiger partial charge on any atom is 0.335 e. The molecule has 0 fully saturated rings. The average molecular weight is 258 g/mol. The van der Waals surface area contributed by atoms with Gasteiger partial charge in [0.05, 0.1) is 5.56 Å². The quantitative estimate of drug-likeness (QED) is 0.840. The van der Waals surface area contributed by atoms with Gasteiger partial charge in [0.25, 0.3) is 0 Å². The van der Waals surface area contributed by atoms with Gasteiger partial charge in [0.1, 0.15) is 0 Å². The van der Waals surface area contributed by atoms with Crippen LogP contribution in [0.2, 0.25) is 0 Å². The Morgan fingerprint density at radius 3 is 2.37 bits per heavy atom. The van der Waals surface area contributed by atoms with Crippen LogP contribution in [0.1, 0.15) is 56.0 Å². The largest absolute Gasteiger partial charge is 0.478 e. The molecular formula is C17H22O2. The molecule has 2 heteroatoms. The first kappa shape index (κ1) is 13.9. The molecule has 0 saturated heterocycles. The van der Waals surface area contributed by atoms with Gasteiger partial charge < -0.3 is 5.11 Å². The van der Waals surface area contributed by atoms with Crippen LogP contribution in [0.5, 0.6) is 0 Å². The summed E-state index contributed by atoms with van der Waals surface area (Å²) < 4.78 is 0. The van der Waals surface area contributed by atoms with E-state index < -0.39 is 5.97 Å². The van der Waals surface area contributed by atoms with E-state index in [9.17, 15) is 4.79 Å². The second kappa shape index (κ2) is 5.20. The summed E-state index contributed by atoms with van der Waals surface area (Å²) in [6.45, 7) is 6.84. The van der Waals surface area contributed by atoms with Crippen molar-refractivity contribution in [3.05, 3.63) is 41.5 Å². The summed E-state index contributed by atoms with van der Waals surface area (Å²) >= 11 is 0. The highest BCUT2D eigenvalue weighted by atomic mass is 16.4. The predicted octanol–water partition coefficient (Wildman–Crippen LogP) is 4.61. The van der Waals surface area contributed by atoms with Crippen LogP contribution in [0, 0.1) is 11.3 Å². The van der Waals surface area contributed by atoms with Crippen LogP contribution in [0.3, 0.4) is 0 Å². The van der Waals surface area contributed by atoms with Crippen LogP contribution in [-0.2, 0) is 0 Å². The van der Waals surface area contributed by atoms with Crippen molar-refractivity contribution in [2.75, 3.05) is 0 Å². The maximum atomic E-state index is 10.9. The number of hydrogen-bond donors (Lipinski definition) is 1. The Morgan fingerprint density at radius 2 is 1.84 bits per heavy atom. The molecule has 1 atom stereocenters. The van der Waals surface area contributed by atoms with Crippen molar-refractivity contribution in [1.82, 2.24) is 0 Å². The number of rotatable bonds is 2. The van der Waals surface area contributed by atoms with Gasteiger partial charge in [0.15, 0.2) is 0 Å². The van der Waals surface area contributed by atoms with E-state index in [2.05, 4.69) is 26.8 Å². The first-order chi connectivity index (χ1) is 8.89. The topological polar surface area (TPSA) is 37.3 Å². The lowest BCUT2D eigenvalue weighted by Crippen LogP contribution is -2.23. The van der Waals surface area contributed by atoms with Gasteiger partial charge in [0, 0.05) is 0 Å². The molecule has 1 unspecified atom stereocenters. The molecule has 0 bridgehead atoms. The minimum atomic E-state index is -0.864. The number of allylic oxidation sites excluding steroid dienone is 2. The van der Waals surface area contributed by atoms with Gasteiger partial charge in [-0.25, -0.2) is 4.79 Å². The molecule has 1 aliphatic rings. The molecule has 0 aromatic heterocycles. The standard InChI is InChI=1S/C17H22O2/c1-17(2,3)15-7-5-4-6-14(15)12-8-10-13(11-9-12)16(18)19/h6,8-11,15H,4-5,7H2,1-3H3,(H,18,19). The lowest BCUT2D eigenvalue weighted by atomic mass is 9.69. The van der Waals surface area contributed by atoms with Crippen molar-refractivity contribution in [3.63, 3.8) is 0 Å². The fourth-order valence-corrected chi connectivity index (χ4v) is 2.90. The van der Waals surface area contributed by atoms with Crippen molar-refractivity contribution in [3.8, 4) is 0 Å². The smallest absolute Gasteiger partial charge is 0.335 e. The van der Waals surface area contributed by atoms with Crippen molar-refractivity contribution in [2.24, 2.45) is 11.3 Å². The number of carbonyl (C=O) groups is 1. The molecule has 1 aliphatic carbocycles. The second-order valence-electron chi connectivity index (χ2n) is 6.39. The number of carboxylic acids is 1. The van der Waals surface area contributed by atoms with E-state index in [1.165, 1.54) is 24.0 Å². The van der Waals surface area contributed by atoms with Crippen molar-refractivity contribution in [2.45, 2.75) is 40.0 Å². The predicted molar refractivity (Wildman–Crippen MR) is 78.2 cm³/mol. The molecule has 0 spiro atoms. The van der Waals surface area contributed by atoms with E-state index in [-0.39, 0.29) is 5.41 Å². The third-order valence-corrected chi connectivity index (χ3v) is 3.95. The zero-order chi connectivity index (χ0) is 14.0. The lowest BCUT2D eigenvalue weighted by molar-refractivity contribution is 0.0697. The Hall–Kier alpha value is -1.57. The molecule has 19 heavy (non-hydrogen) atoms. The van der Waals surface area contributed by atoms with Gasteiger partial charge in [-0.1, -0.05) is 39.0 Å². The van der Waals surface area contributed by atoms with Crippen LogP contribution in [-0.4, -0.2) is 11.1 Å². The van der Waals surface area contributed by atoms with E-state index in [1.807, 2.05) is 12.1 Å². The summed E-state index contributed by atoms with van der Waals surface area (Å²) in [5.41, 5.74) is 3.16. The summed E-state index contributed by atoms with van der Waals surface area (Å²) in [7, 11) is 0. The maximum absolute atomic E-state index is 10.9. The molecule has 0 radical (unpaired) electrons. The molecule has 0 saturated carbocycles. The van der Waals surface area contributed by atoms with Gasteiger partial charge in [-0.2, -0.15) is 0 Å². The van der Waals surface area contributed by atoms with Gasteiger partial charge in [-0.15, -0.1) is 0 Å². The third kappa shape index (κ3) is 3.06. The third-order valence-electron chi connectivity index (χ3n) is 3.95. The zero-order valence-electron chi connectivity index (χ0n) is 11.9. The van der Waals surface area contributed by atoms with E-state index in [0.29, 0.717) is 11.5 Å². The Kier molecular flexibility index (Phi) is 3.79. The molecular weight excluding hydrogens is 236 g/mol. The van der Waals surface area contributed by atoms with Gasteiger partial charge >= 0.3 is 5.97 Å². The number of carboxylic acid groups (broad SMARTS) is 1. The Labute approximate surface area is 115 Å². The normalized spacial score (nSPS) is 19.9. The fourth-order valence-electron chi connectivity index (χ4n) is 2.90. The molecule has 0 amide bonds. The highest BCUT2D eigenvalue weighted by Crippen LogP contribution is 2.43. The number of benzene rings is 1. The summed E-state index contributed by atoms with van der Waals surface area (Å²) in [5.74, 6) is -0.312. The SMILES string of the molecule is CC(C)(C)C1CCCC=C1c1ccc(C(=O)O)cc1. The molecule has 1 aromatic carbocycles. The Balaban J connectivity index is 2.33. The average Bonchev–Trinajstić information content (AvgIpc) is 2.38. The van der Waals surface area contributed by atoms with Crippen LogP contribution >= 0.6 is 0 Å². The van der Waals surface area contributed by atoms with Crippen molar-refractivity contribution >= 4 is 11.5 Å².